The van der Waals surface area contributed by atoms with Crippen LogP contribution in [0.5, 0.6) is 11.5 Å². The Morgan fingerprint density at radius 1 is 1.14 bits per heavy atom. The van der Waals surface area contributed by atoms with Crippen LogP contribution in [0.3, 0.4) is 0 Å². The van der Waals surface area contributed by atoms with E-state index in [-0.39, 0.29) is 5.91 Å². The zero-order valence-electron chi connectivity index (χ0n) is 12.9. The summed E-state index contributed by atoms with van der Waals surface area (Å²) in [5.74, 6) is 1.58. The first-order valence-corrected chi connectivity index (χ1v) is 6.88. The van der Waals surface area contributed by atoms with Crippen molar-refractivity contribution in [1.29, 1.82) is 0 Å². The third-order valence-corrected chi connectivity index (χ3v) is 2.94. The van der Waals surface area contributed by atoms with Gasteiger partial charge in [0.2, 0.25) is 5.91 Å². The molecular weight excluding hydrogens is 272 g/mol. The van der Waals surface area contributed by atoms with Crippen LogP contribution in [0.1, 0.15) is 0 Å². The second-order valence-electron chi connectivity index (χ2n) is 4.51. The summed E-state index contributed by atoms with van der Waals surface area (Å²) in [6, 6.07) is 7.35. The molecule has 0 radical (unpaired) electrons. The maximum Gasteiger partial charge on any atom is 0.236 e. The van der Waals surface area contributed by atoms with Gasteiger partial charge in [-0.05, 0) is 24.3 Å². The maximum atomic E-state index is 11.8. The van der Waals surface area contributed by atoms with Gasteiger partial charge in [0.05, 0.1) is 26.8 Å². The fourth-order valence-corrected chi connectivity index (χ4v) is 1.60. The molecule has 0 bridgehead atoms. The summed E-state index contributed by atoms with van der Waals surface area (Å²) in [7, 11) is 5.01. The minimum atomic E-state index is 0.0319. The van der Waals surface area contributed by atoms with E-state index in [0.717, 1.165) is 11.5 Å². The van der Waals surface area contributed by atoms with E-state index in [1.165, 1.54) is 0 Å². The quantitative estimate of drug-likeness (QED) is 0.646. The molecule has 0 unspecified atom stereocenters. The molecule has 0 aromatic heterocycles. The van der Waals surface area contributed by atoms with Crippen LogP contribution in [-0.2, 0) is 9.53 Å². The van der Waals surface area contributed by atoms with Gasteiger partial charge in [0.1, 0.15) is 18.1 Å². The van der Waals surface area contributed by atoms with E-state index in [0.29, 0.717) is 32.8 Å². The van der Waals surface area contributed by atoms with Crippen LogP contribution in [0.2, 0.25) is 0 Å². The molecule has 0 fully saturated rings. The number of methoxy groups -OCH3 is 2. The topological polar surface area (TPSA) is 60.0 Å². The van der Waals surface area contributed by atoms with Crippen LogP contribution in [0.15, 0.2) is 24.3 Å². The Kier molecular flexibility index (Phi) is 8.23. The highest BCUT2D eigenvalue weighted by Crippen LogP contribution is 2.16. The average Bonchev–Trinajstić information content (AvgIpc) is 2.52. The monoisotopic (exact) mass is 296 g/mol. The number of ether oxygens (including phenoxy) is 3. The second kappa shape index (κ2) is 10.0. The number of carbonyl (C=O) groups is 1. The number of benzene rings is 1. The average molecular weight is 296 g/mol. The van der Waals surface area contributed by atoms with Crippen LogP contribution in [0.4, 0.5) is 0 Å². The largest absolute Gasteiger partial charge is 0.497 e. The summed E-state index contributed by atoms with van der Waals surface area (Å²) in [6.07, 6.45) is 0. The molecule has 0 saturated heterocycles. The first-order valence-electron chi connectivity index (χ1n) is 6.88. The predicted octanol–water partition coefficient (Wildman–Crippen LogP) is 0.768. The van der Waals surface area contributed by atoms with Gasteiger partial charge in [-0.3, -0.25) is 4.79 Å². The molecule has 1 N–H and O–H groups in total. The summed E-state index contributed by atoms with van der Waals surface area (Å²) < 4.78 is 15.6. The number of hydrogen-bond donors (Lipinski definition) is 1. The van der Waals surface area contributed by atoms with Gasteiger partial charge in [-0.15, -0.1) is 0 Å². The van der Waals surface area contributed by atoms with Crippen molar-refractivity contribution in [3.8, 4) is 11.5 Å². The molecule has 0 atom stereocenters. The maximum absolute atomic E-state index is 11.8. The van der Waals surface area contributed by atoms with Crippen LogP contribution in [0, 0.1) is 0 Å². The molecule has 0 spiro atoms. The SMILES string of the molecule is COCCNCC(=O)N(C)CCOc1ccc(OC)cc1. The van der Waals surface area contributed by atoms with E-state index in [1.807, 2.05) is 24.3 Å². The summed E-state index contributed by atoms with van der Waals surface area (Å²) >= 11 is 0. The molecule has 0 saturated carbocycles. The molecule has 6 heteroatoms. The van der Waals surface area contributed by atoms with Crippen molar-refractivity contribution < 1.29 is 19.0 Å². The summed E-state index contributed by atoms with van der Waals surface area (Å²) in [4.78, 5) is 13.4. The number of hydrogen-bond acceptors (Lipinski definition) is 5. The molecule has 1 rings (SSSR count). The predicted molar refractivity (Wildman–Crippen MR) is 80.9 cm³/mol. The van der Waals surface area contributed by atoms with Gasteiger partial charge in [-0.2, -0.15) is 0 Å². The summed E-state index contributed by atoms with van der Waals surface area (Å²) in [5, 5.41) is 3.02. The molecule has 21 heavy (non-hydrogen) atoms. The van der Waals surface area contributed by atoms with Crippen molar-refractivity contribution in [2.45, 2.75) is 0 Å². The van der Waals surface area contributed by atoms with E-state index >= 15 is 0 Å². The van der Waals surface area contributed by atoms with Crippen LogP contribution in [-0.4, -0.2) is 64.9 Å². The molecule has 6 nitrogen and oxygen atoms in total. The number of nitrogens with one attached hydrogen (secondary N) is 1. The fraction of sp³-hybridized carbons (Fsp3) is 0.533. The van der Waals surface area contributed by atoms with Crippen molar-refractivity contribution in [1.82, 2.24) is 10.2 Å². The van der Waals surface area contributed by atoms with E-state index < -0.39 is 0 Å². The lowest BCUT2D eigenvalue weighted by Crippen LogP contribution is -2.38. The fourth-order valence-electron chi connectivity index (χ4n) is 1.60. The molecular formula is C15H24N2O4. The van der Waals surface area contributed by atoms with Crippen LogP contribution >= 0.6 is 0 Å². The number of rotatable bonds is 10. The smallest absolute Gasteiger partial charge is 0.236 e. The Hall–Kier alpha value is -1.79. The third kappa shape index (κ3) is 6.97. The molecule has 0 aliphatic heterocycles. The Bertz CT molecular complexity index is 409. The molecule has 0 aliphatic rings. The Morgan fingerprint density at radius 3 is 2.43 bits per heavy atom. The van der Waals surface area contributed by atoms with E-state index in [2.05, 4.69) is 5.32 Å². The van der Waals surface area contributed by atoms with E-state index in [1.54, 1.807) is 26.2 Å². The minimum Gasteiger partial charge on any atom is -0.497 e. The highest BCUT2D eigenvalue weighted by atomic mass is 16.5. The molecule has 1 aromatic carbocycles. The van der Waals surface area contributed by atoms with Crippen molar-refractivity contribution >= 4 is 5.91 Å². The number of likely N-dealkylation sites (N-methyl/N-ethyl adjacent to an activating group) is 1. The van der Waals surface area contributed by atoms with Gasteiger partial charge in [-0.1, -0.05) is 0 Å². The lowest BCUT2D eigenvalue weighted by atomic mass is 10.3. The van der Waals surface area contributed by atoms with E-state index in [4.69, 9.17) is 14.2 Å². The first-order chi connectivity index (χ1) is 10.2. The first kappa shape index (κ1) is 17.3. The van der Waals surface area contributed by atoms with Gasteiger partial charge in [0.25, 0.3) is 0 Å². The molecule has 0 heterocycles. The Balaban J connectivity index is 2.19. The molecule has 1 amide bonds. The van der Waals surface area contributed by atoms with Crippen molar-refractivity contribution in [2.75, 3.05) is 54.1 Å². The normalized spacial score (nSPS) is 10.2. The lowest BCUT2D eigenvalue weighted by Gasteiger charge is -2.18. The lowest BCUT2D eigenvalue weighted by molar-refractivity contribution is -0.129. The van der Waals surface area contributed by atoms with E-state index in [9.17, 15) is 4.79 Å². The number of amides is 1. The van der Waals surface area contributed by atoms with Gasteiger partial charge in [-0.25, -0.2) is 0 Å². The molecule has 1 aromatic rings. The zero-order valence-corrected chi connectivity index (χ0v) is 12.9. The highest BCUT2D eigenvalue weighted by molar-refractivity contribution is 5.77. The van der Waals surface area contributed by atoms with Gasteiger partial charge >= 0.3 is 0 Å². The molecule has 118 valence electrons. The van der Waals surface area contributed by atoms with Gasteiger partial charge in [0, 0.05) is 20.7 Å². The van der Waals surface area contributed by atoms with Crippen molar-refractivity contribution in [2.24, 2.45) is 0 Å². The van der Waals surface area contributed by atoms with Crippen molar-refractivity contribution in [3.63, 3.8) is 0 Å². The van der Waals surface area contributed by atoms with Crippen molar-refractivity contribution in [3.05, 3.63) is 24.3 Å². The molecule has 0 aliphatic carbocycles. The zero-order chi connectivity index (χ0) is 15.5. The minimum absolute atomic E-state index is 0.0319. The second-order valence-corrected chi connectivity index (χ2v) is 4.51. The number of nitrogens with zero attached hydrogens (tertiary/aromatic N) is 1. The summed E-state index contributed by atoms with van der Waals surface area (Å²) in [5.41, 5.74) is 0. The Labute approximate surface area is 126 Å². The Morgan fingerprint density at radius 2 is 1.81 bits per heavy atom. The van der Waals surface area contributed by atoms with Gasteiger partial charge in [0.15, 0.2) is 0 Å². The standard InChI is InChI=1S/C15H24N2O4/c1-17(15(18)12-16-8-10-19-2)9-11-21-14-6-4-13(20-3)5-7-14/h4-7,16H,8-12H2,1-3H3. The highest BCUT2D eigenvalue weighted by Gasteiger charge is 2.07. The van der Waals surface area contributed by atoms with Crippen LogP contribution < -0.4 is 14.8 Å². The summed E-state index contributed by atoms with van der Waals surface area (Å²) in [6.45, 7) is 2.56. The van der Waals surface area contributed by atoms with Gasteiger partial charge < -0.3 is 24.4 Å². The third-order valence-electron chi connectivity index (χ3n) is 2.94. The number of carbonyl (C=O) groups excluding carboxylic acids is 1. The van der Waals surface area contributed by atoms with Crippen LogP contribution in [0.25, 0.3) is 0 Å².